The van der Waals surface area contributed by atoms with Crippen molar-refractivity contribution in [3.05, 3.63) is 0 Å². The summed E-state index contributed by atoms with van der Waals surface area (Å²) in [5.41, 5.74) is -0.844. The Hall–Kier alpha value is -1.26. The first-order chi connectivity index (χ1) is 7.97. The molecule has 17 heavy (non-hydrogen) atoms. The summed E-state index contributed by atoms with van der Waals surface area (Å²) in [5, 5.41) is 11.9. The second kappa shape index (κ2) is 7.14. The Bertz CT molecular complexity index is 258. The van der Waals surface area contributed by atoms with Crippen LogP contribution < -0.4 is 5.32 Å². The molecule has 0 unspecified atom stereocenters. The maximum Gasteiger partial charge on any atom is 0.317 e. The molecule has 0 aromatic carbocycles. The van der Waals surface area contributed by atoms with Crippen molar-refractivity contribution in [1.82, 2.24) is 10.2 Å². The van der Waals surface area contributed by atoms with Crippen LogP contribution in [0.4, 0.5) is 4.79 Å². The smallest absolute Gasteiger partial charge is 0.317 e. The minimum atomic E-state index is -0.845. The third-order valence-electron chi connectivity index (χ3n) is 3.44. The molecular weight excluding hydrogens is 220 g/mol. The predicted molar refractivity (Wildman–Crippen MR) is 67.0 cm³/mol. The molecule has 5 heteroatoms. The van der Waals surface area contributed by atoms with E-state index in [1.165, 1.54) is 0 Å². The molecule has 0 heterocycles. The zero-order chi connectivity index (χ0) is 13.5. The van der Waals surface area contributed by atoms with Gasteiger partial charge in [0.15, 0.2) is 0 Å². The average molecular weight is 244 g/mol. The molecule has 0 bridgehead atoms. The van der Waals surface area contributed by atoms with E-state index in [9.17, 15) is 14.7 Å². The van der Waals surface area contributed by atoms with Gasteiger partial charge in [-0.25, -0.2) is 4.79 Å². The highest BCUT2D eigenvalue weighted by molar-refractivity contribution is 5.78. The highest BCUT2D eigenvalue weighted by Gasteiger charge is 2.35. The maximum atomic E-state index is 11.7. The van der Waals surface area contributed by atoms with Crippen molar-refractivity contribution in [1.29, 1.82) is 0 Å². The topological polar surface area (TPSA) is 69.6 Å². The fourth-order valence-electron chi connectivity index (χ4n) is 1.75. The van der Waals surface area contributed by atoms with Gasteiger partial charge < -0.3 is 15.3 Å². The molecule has 5 nitrogen and oxygen atoms in total. The molecule has 0 saturated heterocycles. The summed E-state index contributed by atoms with van der Waals surface area (Å²) in [6, 6.07) is -0.192. The van der Waals surface area contributed by atoms with Gasteiger partial charge in [0.25, 0.3) is 0 Å². The van der Waals surface area contributed by atoms with Crippen LogP contribution in [0.5, 0.6) is 0 Å². The van der Waals surface area contributed by atoms with Gasteiger partial charge in [0.05, 0.1) is 5.41 Å². The van der Waals surface area contributed by atoms with E-state index in [0.29, 0.717) is 25.9 Å². The van der Waals surface area contributed by atoms with Crippen LogP contribution in [0.15, 0.2) is 0 Å². The number of carboxylic acid groups (broad SMARTS) is 1. The quantitative estimate of drug-likeness (QED) is 0.719. The molecule has 0 atom stereocenters. The van der Waals surface area contributed by atoms with Crippen LogP contribution in [0, 0.1) is 5.41 Å². The first kappa shape index (κ1) is 15.7. The zero-order valence-electron chi connectivity index (χ0n) is 11.2. The molecule has 100 valence electrons. The molecule has 0 rings (SSSR count). The number of carboxylic acids is 1. The lowest BCUT2D eigenvalue weighted by Gasteiger charge is -2.28. The van der Waals surface area contributed by atoms with Gasteiger partial charge in [-0.3, -0.25) is 4.79 Å². The van der Waals surface area contributed by atoms with Crippen molar-refractivity contribution in [2.45, 2.75) is 40.5 Å². The van der Waals surface area contributed by atoms with Crippen molar-refractivity contribution < 1.29 is 14.7 Å². The van der Waals surface area contributed by atoms with E-state index in [-0.39, 0.29) is 12.6 Å². The Balaban J connectivity index is 4.51. The lowest BCUT2D eigenvalue weighted by atomic mass is 9.82. The number of hydrogen-bond acceptors (Lipinski definition) is 2. The first-order valence-electron chi connectivity index (χ1n) is 6.23. The Morgan fingerprint density at radius 1 is 1.12 bits per heavy atom. The molecule has 2 amide bonds. The normalized spacial score (nSPS) is 11.1. The van der Waals surface area contributed by atoms with E-state index < -0.39 is 11.4 Å². The van der Waals surface area contributed by atoms with Gasteiger partial charge in [0, 0.05) is 19.6 Å². The molecule has 0 aliphatic rings. The molecule has 0 aliphatic heterocycles. The van der Waals surface area contributed by atoms with Gasteiger partial charge >= 0.3 is 12.0 Å². The molecule has 0 radical (unpaired) electrons. The number of rotatable bonds is 7. The molecule has 0 aliphatic carbocycles. The summed E-state index contributed by atoms with van der Waals surface area (Å²) in [6.45, 7) is 8.90. The van der Waals surface area contributed by atoms with Crippen LogP contribution in [0.25, 0.3) is 0 Å². The number of amides is 2. The number of carbonyl (C=O) groups is 2. The van der Waals surface area contributed by atoms with Crippen LogP contribution in [0.2, 0.25) is 0 Å². The van der Waals surface area contributed by atoms with Crippen molar-refractivity contribution in [3.63, 3.8) is 0 Å². The van der Waals surface area contributed by atoms with Crippen LogP contribution in [-0.4, -0.2) is 41.6 Å². The minimum Gasteiger partial charge on any atom is -0.481 e. The number of nitrogens with zero attached hydrogens (tertiary/aromatic N) is 1. The Morgan fingerprint density at radius 3 is 1.88 bits per heavy atom. The van der Waals surface area contributed by atoms with Crippen molar-refractivity contribution in [2.24, 2.45) is 5.41 Å². The van der Waals surface area contributed by atoms with Gasteiger partial charge in [0.2, 0.25) is 0 Å². The molecule has 2 N–H and O–H groups in total. The fourth-order valence-corrected chi connectivity index (χ4v) is 1.75. The van der Waals surface area contributed by atoms with E-state index in [1.54, 1.807) is 4.90 Å². The van der Waals surface area contributed by atoms with E-state index in [2.05, 4.69) is 5.32 Å². The lowest BCUT2D eigenvalue weighted by molar-refractivity contribution is -0.149. The van der Waals surface area contributed by atoms with Crippen LogP contribution in [0.3, 0.4) is 0 Å². The number of hydrogen-bond donors (Lipinski definition) is 2. The summed E-state index contributed by atoms with van der Waals surface area (Å²) < 4.78 is 0. The van der Waals surface area contributed by atoms with Gasteiger partial charge in [-0.1, -0.05) is 13.8 Å². The summed E-state index contributed by atoms with van der Waals surface area (Å²) in [7, 11) is 0. The summed E-state index contributed by atoms with van der Waals surface area (Å²) >= 11 is 0. The third-order valence-corrected chi connectivity index (χ3v) is 3.44. The Morgan fingerprint density at radius 2 is 1.59 bits per heavy atom. The molecular formula is C12H24N2O3. The van der Waals surface area contributed by atoms with Gasteiger partial charge in [-0.15, -0.1) is 0 Å². The van der Waals surface area contributed by atoms with Crippen molar-refractivity contribution in [3.8, 4) is 0 Å². The first-order valence-corrected chi connectivity index (χ1v) is 6.23. The van der Waals surface area contributed by atoms with Crippen LogP contribution in [0.1, 0.15) is 40.5 Å². The summed E-state index contributed by atoms with van der Waals surface area (Å²) in [5.74, 6) is -0.845. The van der Waals surface area contributed by atoms with E-state index in [4.69, 9.17) is 0 Å². The predicted octanol–water partition coefficient (Wildman–Crippen LogP) is 1.93. The Kier molecular flexibility index (Phi) is 6.61. The third kappa shape index (κ3) is 3.91. The molecule has 0 aromatic rings. The second-order valence-corrected chi connectivity index (χ2v) is 4.12. The van der Waals surface area contributed by atoms with Crippen molar-refractivity contribution >= 4 is 12.0 Å². The number of aliphatic carboxylic acids is 1. The minimum absolute atomic E-state index is 0.185. The van der Waals surface area contributed by atoms with Crippen molar-refractivity contribution in [2.75, 3.05) is 19.6 Å². The Labute approximate surface area is 103 Å². The van der Waals surface area contributed by atoms with Gasteiger partial charge in [0.1, 0.15) is 0 Å². The lowest BCUT2D eigenvalue weighted by Crippen LogP contribution is -2.47. The average Bonchev–Trinajstić information content (AvgIpc) is 2.32. The van der Waals surface area contributed by atoms with E-state index in [1.807, 2.05) is 27.7 Å². The van der Waals surface area contributed by atoms with E-state index >= 15 is 0 Å². The maximum absolute atomic E-state index is 11.7. The van der Waals surface area contributed by atoms with E-state index in [0.717, 1.165) is 0 Å². The number of urea groups is 1. The summed E-state index contributed by atoms with van der Waals surface area (Å²) in [4.78, 5) is 24.6. The highest BCUT2D eigenvalue weighted by atomic mass is 16.4. The molecule has 0 spiro atoms. The second-order valence-electron chi connectivity index (χ2n) is 4.12. The summed E-state index contributed by atoms with van der Waals surface area (Å²) in [6.07, 6.45) is 1.02. The largest absolute Gasteiger partial charge is 0.481 e. The van der Waals surface area contributed by atoms with Gasteiger partial charge in [-0.2, -0.15) is 0 Å². The molecule has 0 fully saturated rings. The van der Waals surface area contributed by atoms with Crippen LogP contribution >= 0.6 is 0 Å². The standard InChI is InChI=1S/C12H24N2O3/c1-5-12(6-2,10(15)16)9-13-11(17)14(7-3)8-4/h5-9H2,1-4H3,(H,13,17)(H,15,16). The number of nitrogens with one attached hydrogen (secondary N) is 1. The SMILES string of the molecule is CCN(CC)C(=O)NCC(CC)(CC)C(=O)O. The fraction of sp³-hybridized carbons (Fsp3) is 0.833. The van der Waals surface area contributed by atoms with Crippen LogP contribution in [-0.2, 0) is 4.79 Å². The zero-order valence-corrected chi connectivity index (χ0v) is 11.2. The molecule has 0 aromatic heterocycles. The number of carbonyl (C=O) groups excluding carboxylic acids is 1. The van der Waals surface area contributed by atoms with Gasteiger partial charge in [-0.05, 0) is 26.7 Å². The monoisotopic (exact) mass is 244 g/mol. The highest BCUT2D eigenvalue weighted by Crippen LogP contribution is 2.25. The molecule has 0 saturated carbocycles.